The van der Waals surface area contributed by atoms with Crippen molar-refractivity contribution in [2.45, 2.75) is 31.7 Å². The van der Waals surface area contributed by atoms with Gasteiger partial charge in [0.1, 0.15) is 11.9 Å². The largest absolute Gasteiger partial charge is 0.481 e. The Balaban J connectivity index is 1.67. The fraction of sp³-hybridized carbons (Fsp3) is 0.318. The number of hydrogen-bond acceptors (Lipinski definition) is 3. The maximum atomic E-state index is 12.8. The summed E-state index contributed by atoms with van der Waals surface area (Å²) < 4.78 is 1.98. The van der Waals surface area contributed by atoms with E-state index in [0.717, 1.165) is 28.8 Å². The predicted molar refractivity (Wildman–Crippen MR) is 106 cm³/mol. The maximum absolute atomic E-state index is 12.8. The molecule has 0 aliphatic heterocycles. The molecule has 3 aromatic rings. The number of aromatic nitrogens is 2. The molecule has 1 heterocycles. The third-order valence-electron chi connectivity index (χ3n) is 5.78. The summed E-state index contributed by atoms with van der Waals surface area (Å²) in [7, 11) is 1.93. The summed E-state index contributed by atoms with van der Waals surface area (Å²) >= 11 is 0. The number of carboxylic acids is 1. The molecular weight excluding hydrogens is 354 g/mol. The molecule has 4 rings (SSSR count). The summed E-state index contributed by atoms with van der Waals surface area (Å²) in [6, 6.07) is 17.0. The molecule has 1 amide bonds. The highest BCUT2D eigenvalue weighted by molar-refractivity contribution is 5.86. The van der Waals surface area contributed by atoms with E-state index in [-0.39, 0.29) is 12.3 Å². The summed E-state index contributed by atoms with van der Waals surface area (Å²) in [5.41, 5.74) is 1.83. The molecule has 1 unspecified atom stereocenters. The monoisotopic (exact) mass is 377 g/mol. The van der Waals surface area contributed by atoms with E-state index in [1.165, 1.54) is 0 Å². The Morgan fingerprint density at radius 1 is 1.14 bits per heavy atom. The Morgan fingerprint density at radius 2 is 1.82 bits per heavy atom. The van der Waals surface area contributed by atoms with E-state index in [0.29, 0.717) is 12.8 Å². The number of carboxylic acid groups (broad SMARTS) is 1. The zero-order valence-electron chi connectivity index (χ0n) is 15.8. The molecule has 0 spiro atoms. The van der Waals surface area contributed by atoms with Crippen molar-refractivity contribution in [2.24, 2.45) is 12.5 Å². The number of carbonyl (C=O) groups is 2. The maximum Gasteiger partial charge on any atom is 0.310 e. The van der Waals surface area contributed by atoms with Gasteiger partial charge in [0.15, 0.2) is 0 Å². The van der Waals surface area contributed by atoms with E-state index < -0.39 is 17.4 Å². The molecule has 1 aromatic heterocycles. The molecule has 2 N–H and O–H groups in total. The summed E-state index contributed by atoms with van der Waals surface area (Å²) in [5.74, 6) is -0.422. The van der Waals surface area contributed by atoms with Crippen molar-refractivity contribution in [3.63, 3.8) is 0 Å². The molecule has 1 aliphatic rings. The highest BCUT2D eigenvalue weighted by Gasteiger charge is 2.46. The third kappa shape index (κ3) is 3.15. The molecule has 1 atom stereocenters. The molecule has 1 saturated carbocycles. The molecule has 0 bridgehead atoms. The Bertz CT molecular complexity index is 1020. The van der Waals surface area contributed by atoms with Gasteiger partial charge in [0.25, 0.3) is 0 Å². The van der Waals surface area contributed by atoms with Crippen LogP contribution in [-0.4, -0.2) is 26.5 Å². The molecule has 28 heavy (non-hydrogen) atoms. The molecular formula is C22H23N3O3. The standard InChI is InChI=1S/C22H23N3O3/c1-25-17-11-6-5-10-16(17)23-20(25)19(15-8-3-2-4-9-15)24-18(26)14-22(21(27)28)12-7-13-22/h2-6,8-11,19H,7,12-14H2,1H3,(H,24,26)(H,27,28). The van der Waals surface area contributed by atoms with Crippen LogP contribution in [-0.2, 0) is 16.6 Å². The van der Waals surface area contributed by atoms with Gasteiger partial charge in [0.05, 0.1) is 16.4 Å². The van der Waals surface area contributed by atoms with Crippen molar-refractivity contribution >= 4 is 22.9 Å². The highest BCUT2D eigenvalue weighted by Crippen LogP contribution is 2.44. The topological polar surface area (TPSA) is 84.2 Å². The molecule has 6 nitrogen and oxygen atoms in total. The van der Waals surface area contributed by atoms with E-state index in [1.54, 1.807) is 0 Å². The van der Waals surface area contributed by atoms with Gasteiger partial charge in [0.2, 0.25) is 5.91 Å². The van der Waals surface area contributed by atoms with Crippen molar-refractivity contribution in [2.75, 3.05) is 0 Å². The van der Waals surface area contributed by atoms with Crippen molar-refractivity contribution in [3.05, 3.63) is 66.0 Å². The molecule has 0 saturated heterocycles. The summed E-state index contributed by atoms with van der Waals surface area (Å²) in [5, 5.41) is 12.6. The van der Waals surface area contributed by atoms with Crippen LogP contribution in [0.15, 0.2) is 54.6 Å². The summed E-state index contributed by atoms with van der Waals surface area (Å²) in [6.07, 6.45) is 1.96. The number of hydrogen-bond donors (Lipinski definition) is 2. The summed E-state index contributed by atoms with van der Waals surface area (Å²) in [4.78, 5) is 29.2. The van der Waals surface area contributed by atoms with Crippen LogP contribution in [0.25, 0.3) is 11.0 Å². The van der Waals surface area contributed by atoms with E-state index in [1.807, 2.05) is 66.2 Å². The molecule has 1 aliphatic carbocycles. The Labute approximate surface area is 163 Å². The SMILES string of the molecule is Cn1c(C(NC(=O)CC2(C(=O)O)CCC2)c2ccccc2)nc2ccccc21. The predicted octanol–water partition coefficient (Wildman–Crippen LogP) is 3.42. The number of benzene rings is 2. The lowest BCUT2D eigenvalue weighted by molar-refractivity contribution is -0.157. The van der Waals surface area contributed by atoms with E-state index in [9.17, 15) is 14.7 Å². The quantitative estimate of drug-likeness (QED) is 0.689. The number of nitrogens with zero attached hydrogens (tertiary/aromatic N) is 2. The van der Waals surface area contributed by atoms with Gasteiger partial charge < -0.3 is 15.0 Å². The minimum atomic E-state index is -0.919. The number of aryl methyl sites for hydroxylation is 1. The number of carbonyl (C=O) groups excluding carboxylic acids is 1. The molecule has 144 valence electrons. The van der Waals surface area contributed by atoms with Gasteiger partial charge >= 0.3 is 5.97 Å². The van der Waals surface area contributed by atoms with Crippen LogP contribution in [0, 0.1) is 5.41 Å². The minimum Gasteiger partial charge on any atom is -0.481 e. The molecule has 2 aromatic carbocycles. The second kappa shape index (κ2) is 7.11. The van der Waals surface area contributed by atoms with Gasteiger partial charge in [-0.1, -0.05) is 48.9 Å². The average Bonchev–Trinajstić information content (AvgIpc) is 3.00. The van der Waals surface area contributed by atoms with Crippen molar-refractivity contribution in [1.29, 1.82) is 0 Å². The number of para-hydroxylation sites is 2. The second-order valence-electron chi connectivity index (χ2n) is 7.54. The highest BCUT2D eigenvalue weighted by atomic mass is 16.4. The van der Waals surface area contributed by atoms with Gasteiger partial charge in [0, 0.05) is 13.5 Å². The average molecular weight is 377 g/mol. The van der Waals surface area contributed by atoms with E-state index >= 15 is 0 Å². The Hall–Kier alpha value is -3.15. The first kappa shape index (κ1) is 18.2. The second-order valence-corrected chi connectivity index (χ2v) is 7.54. The van der Waals surface area contributed by atoms with Gasteiger partial charge in [-0.25, -0.2) is 4.98 Å². The van der Waals surface area contributed by atoms with Crippen LogP contribution in [0.1, 0.15) is 43.1 Å². The van der Waals surface area contributed by atoms with Crippen LogP contribution < -0.4 is 5.32 Å². The van der Waals surface area contributed by atoms with Crippen molar-refractivity contribution < 1.29 is 14.7 Å². The molecule has 1 fully saturated rings. The van der Waals surface area contributed by atoms with E-state index in [4.69, 9.17) is 4.98 Å². The first-order chi connectivity index (χ1) is 13.5. The normalized spacial score (nSPS) is 16.3. The van der Waals surface area contributed by atoms with Gasteiger partial charge in [-0.05, 0) is 30.5 Å². The molecule has 6 heteroatoms. The number of imidazole rings is 1. The van der Waals surface area contributed by atoms with Crippen LogP contribution >= 0.6 is 0 Å². The van der Waals surface area contributed by atoms with Crippen LogP contribution in [0.2, 0.25) is 0 Å². The van der Waals surface area contributed by atoms with Gasteiger partial charge in [-0.3, -0.25) is 9.59 Å². The first-order valence-electron chi connectivity index (χ1n) is 9.49. The van der Waals surface area contributed by atoms with Crippen LogP contribution in [0.5, 0.6) is 0 Å². The van der Waals surface area contributed by atoms with Crippen LogP contribution in [0.3, 0.4) is 0 Å². The Kier molecular flexibility index (Phi) is 4.63. The lowest BCUT2D eigenvalue weighted by Crippen LogP contribution is -2.43. The molecule has 0 radical (unpaired) electrons. The zero-order valence-corrected chi connectivity index (χ0v) is 15.8. The van der Waals surface area contributed by atoms with Gasteiger partial charge in [-0.15, -0.1) is 0 Å². The fourth-order valence-corrected chi connectivity index (χ4v) is 3.95. The number of nitrogens with one attached hydrogen (secondary N) is 1. The number of amides is 1. The number of fused-ring (bicyclic) bond motifs is 1. The van der Waals surface area contributed by atoms with Crippen molar-refractivity contribution in [1.82, 2.24) is 14.9 Å². The number of aliphatic carboxylic acids is 1. The Morgan fingerprint density at radius 3 is 2.43 bits per heavy atom. The lowest BCUT2D eigenvalue weighted by atomic mass is 9.66. The zero-order chi connectivity index (χ0) is 19.7. The van der Waals surface area contributed by atoms with E-state index in [2.05, 4.69) is 5.32 Å². The fourth-order valence-electron chi connectivity index (χ4n) is 3.95. The van der Waals surface area contributed by atoms with Gasteiger partial charge in [-0.2, -0.15) is 0 Å². The van der Waals surface area contributed by atoms with Crippen molar-refractivity contribution in [3.8, 4) is 0 Å². The lowest BCUT2D eigenvalue weighted by Gasteiger charge is -2.37. The minimum absolute atomic E-state index is 0.00436. The first-order valence-corrected chi connectivity index (χ1v) is 9.49. The number of rotatable bonds is 6. The summed E-state index contributed by atoms with van der Waals surface area (Å²) in [6.45, 7) is 0. The van der Waals surface area contributed by atoms with Crippen LogP contribution in [0.4, 0.5) is 0 Å². The third-order valence-corrected chi connectivity index (χ3v) is 5.78. The smallest absolute Gasteiger partial charge is 0.310 e.